The molecule has 2 N–H and O–H groups in total. The predicted octanol–water partition coefficient (Wildman–Crippen LogP) is 2.27. The molecular formula is C12H12F3N3O. The zero-order valence-electron chi connectivity index (χ0n) is 10.1. The number of nitrogens with zero attached hydrogens (tertiary/aromatic N) is 1. The molecule has 0 saturated carbocycles. The summed E-state index contributed by atoms with van der Waals surface area (Å²) < 4.78 is 36.2. The summed E-state index contributed by atoms with van der Waals surface area (Å²) in [7, 11) is 0. The van der Waals surface area contributed by atoms with Gasteiger partial charge in [-0.2, -0.15) is 18.3 Å². The van der Waals surface area contributed by atoms with E-state index in [1.807, 2.05) is 6.92 Å². The van der Waals surface area contributed by atoms with E-state index in [1.165, 1.54) is 12.1 Å². The van der Waals surface area contributed by atoms with Crippen LogP contribution in [0.4, 0.5) is 18.9 Å². The van der Waals surface area contributed by atoms with Gasteiger partial charge < -0.3 is 10.7 Å². The van der Waals surface area contributed by atoms with Crippen molar-refractivity contribution in [3.63, 3.8) is 0 Å². The Morgan fingerprint density at radius 3 is 2.47 bits per heavy atom. The summed E-state index contributed by atoms with van der Waals surface area (Å²) in [6, 6.07) is 6.35. The zero-order valence-corrected chi connectivity index (χ0v) is 10.1. The highest BCUT2D eigenvalue weighted by molar-refractivity contribution is 6.02. The van der Waals surface area contributed by atoms with Gasteiger partial charge in [-0.05, 0) is 24.6 Å². The van der Waals surface area contributed by atoms with Crippen molar-refractivity contribution >= 4 is 17.3 Å². The lowest BCUT2D eigenvalue weighted by Gasteiger charge is -2.08. The Bertz CT molecular complexity index is 508. The number of amides is 1. The van der Waals surface area contributed by atoms with Gasteiger partial charge in [0, 0.05) is 18.2 Å². The topological polar surface area (TPSA) is 53.5 Å². The van der Waals surface area contributed by atoms with E-state index in [4.69, 9.17) is 0 Å². The average molecular weight is 271 g/mol. The highest BCUT2D eigenvalue weighted by atomic mass is 19.4. The van der Waals surface area contributed by atoms with Gasteiger partial charge in [0.15, 0.2) is 0 Å². The second-order valence-corrected chi connectivity index (χ2v) is 4.32. The normalized spacial score (nSPS) is 18.7. The Morgan fingerprint density at radius 1 is 1.37 bits per heavy atom. The summed E-state index contributed by atoms with van der Waals surface area (Å²) in [6.45, 7) is 1.98. The van der Waals surface area contributed by atoms with Crippen molar-refractivity contribution in [1.82, 2.24) is 5.43 Å². The molecule has 1 aliphatic rings. The third-order valence-electron chi connectivity index (χ3n) is 2.65. The van der Waals surface area contributed by atoms with Crippen LogP contribution in [0.15, 0.2) is 29.4 Å². The highest BCUT2D eigenvalue weighted by Crippen LogP contribution is 2.19. The van der Waals surface area contributed by atoms with Gasteiger partial charge in [0.1, 0.15) is 0 Å². The molecule has 0 fully saturated rings. The maximum Gasteiger partial charge on any atom is 0.471 e. The number of carbonyl (C=O) groups is 1. The van der Waals surface area contributed by atoms with Crippen molar-refractivity contribution in [3.05, 3.63) is 29.8 Å². The fourth-order valence-electron chi connectivity index (χ4n) is 1.70. The second-order valence-electron chi connectivity index (χ2n) is 4.32. The molecule has 7 heteroatoms. The lowest BCUT2D eigenvalue weighted by atomic mass is 10.0. The first-order chi connectivity index (χ1) is 8.86. The van der Waals surface area contributed by atoms with Crippen LogP contribution in [0.25, 0.3) is 0 Å². The summed E-state index contributed by atoms with van der Waals surface area (Å²) in [5, 5.41) is 5.91. The van der Waals surface area contributed by atoms with E-state index in [-0.39, 0.29) is 11.7 Å². The first-order valence-corrected chi connectivity index (χ1v) is 5.67. The predicted molar refractivity (Wildman–Crippen MR) is 64.9 cm³/mol. The molecular weight excluding hydrogens is 259 g/mol. The number of benzene rings is 1. The molecule has 102 valence electrons. The molecule has 1 aromatic carbocycles. The molecule has 0 radical (unpaired) electrons. The van der Waals surface area contributed by atoms with Gasteiger partial charge in [-0.1, -0.05) is 12.1 Å². The van der Waals surface area contributed by atoms with Crippen molar-refractivity contribution < 1.29 is 18.0 Å². The van der Waals surface area contributed by atoms with Crippen molar-refractivity contribution in [2.24, 2.45) is 5.10 Å². The molecule has 19 heavy (non-hydrogen) atoms. The third-order valence-corrected chi connectivity index (χ3v) is 2.65. The van der Waals surface area contributed by atoms with Crippen LogP contribution in [0.3, 0.4) is 0 Å². The van der Waals surface area contributed by atoms with Gasteiger partial charge in [0.05, 0.1) is 5.71 Å². The van der Waals surface area contributed by atoms with Crippen molar-refractivity contribution in [2.45, 2.75) is 25.6 Å². The zero-order chi connectivity index (χ0) is 14.0. The number of anilines is 1. The fourth-order valence-corrected chi connectivity index (χ4v) is 1.70. The maximum atomic E-state index is 12.1. The Hall–Kier alpha value is -2.05. The van der Waals surface area contributed by atoms with Crippen LogP contribution in [-0.4, -0.2) is 23.8 Å². The van der Waals surface area contributed by atoms with E-state index >= 15 is 0 Å². The molecule has 1 amide bonds. The van der Waals surface area contributed by atoms with Gasteiger partial charge in [0.2, 0.25) is 0 Å². The molecule has 0 bridgehead atoms. The molecule has 4 nitrogen and oxygen atoms in total. The molecule has 1 atom stereocenters. The number of nitrogens with one attached hydrogen (secondary N) is 2. The molecule has 1 aromatic rings. The fraction of sp³-hybridized carbons (Fsp3) is 0.333. The summed E-state index contributed by atoms with van der Waals surface area (Å²) in [5.74, 6) is -1.98. The lowest BCUT2D eigenvalue weighted by molar-refractivity contribution is -0.167. The molecule has 1 unspecified atom stereocenters. The quantitative estimate of drug-likeness (QED) is 0.867. The van der Waals surface area contributed by atoms with E-state index in [2.05, 4.69) is 10.5 Å². The van der Waals surface area contributed by atoms with Crippen LogP contribution in [0.5, 0.6) is 0 Å². The van der Waals surface area contributed by atoms with Crippen LogP contribution in [-0.2, 0) is 4.79 Å². The van der Waals surface area contributed by atoms with Crippen LogP contribution in [0.2, 0.25) is 0 Å². The van der Waals surface area contributed by atoms with E-state index < -0.39 is 12.1 Å². The number of hydrazone groups is 1. The molecule has 0 aromatic heterocycles. The highest BCUT2D eigenvalue weighted by Gasteiger charge is 2.38. The molecule has 0 aliphatic carbocycles. The molecule has 0 saturated heterocycles. The van der Waals surface area contributed by atoms with Crippen LogP contribution in [0.1, 0.15) is 18.9 Å². The Labute approximate surface area is 107 Å². The Morgan fingerprint density at radius 2 is 2.00 bits per heavy atom. The van der Waals surface area contributed by atoms with Gasteiger partial charge in [-0.25, -0.2) is 0 Å². The number of halogens is 3. The minimum absolute atomic E-state index is 0.102. The summed E-state index contributed by atoms with van der Waals surface area (Å²) in [4.78, 5) is 10.7. The monoisotopic (exact) mass is 271 g/mol. The van der Waals surface area contributed by atoms with Crippen molar-refractivity contribution in [1.29, 1.82) is 0 Å². The third kappa shape index (κ3) is 3.24. The van der Waals surface area contributed by atoms with Crippen LogP contribution < -0.4 is 10.7 Å². The number of carbonyl (C=O) groups excluding carboxylic acids is 1. The SMILES string of the molecule is CC1CC(c2ccc(NC(=O)C(F)(F)F)cc2)=NN1. The first-order valence-electron chi connectivity index (χ1n) is 5.67. The second kappa shape index (κ2) is 4.91. The summed E-state index contributed by atoms with van der Waals surface area (Å²) >= 11 is 0. The smallest absolute Gasteiger partial charge is 0.318 e. The molecule has 1 aliphatic heterocycles. The standard InChI is InChI=1S/C12H12F3N3O/c1-7-6-10(18-17-7)8-2-4-9(5-3-8)16-11(19)12(13,14)15/h2-5,7,17H,6H2,1H3,(H,16,19). The molecule has 1 heterocycles. The number of hydrogen-bond donors (Lipinski definition) is 2. The lowest BCUT2D eigenvalue weighted by Crippen LogP contribution is -2.29. The van der Waals surface area contributed by atoms with Gasteiger partial charge in [-0.3, -0.25) is 4.79 Å². The Balaban J connectivity index is 2.05. The van der Waals surface area contributed by atoms with Gasteiger partial charge in [0.25, 0.3) is 0 Å². The Kier molecular flexibility index (Phi) is 3.46. The number of alkyl halides is 3. The van der Waals surface area contributed by atoms with E-state index in [9.17, 15) is 18.0 Å². The van der Waals surface area contributed by atoms with Crippen LogP contribution in [0, 0.1) is 0 Å². The van der Waals surface area contributed by atoms with Crippen molar-refractivity contribution in [3.8, 4) is 0 Å². The minimum Gasteiger partial charge on any atom is -0.318 e. The van der Waals surface area contributed by atoms with Gasteiger partial charge >= 0.3 is 12.1 Å². The van der Waals surface area contributed by atoms with Crippen LogP contribution >= 0.6 is 0 Å². The summed E-state index contributed by atoms with van der Waals surface area (Å²) in [6.07, 6.45) is -4.12. The molecule has 0 spiro atoms. The van der Waals surface area contributed by atoms with Crippen molar-refractivity contribution in [2.75, 3.05) is 5.32 Å². The average Bonchev–Trinajstić information content (AvgIpc) is 2.75. The van der Waals surface area contributed by atoms with Gasteiger partial charge in [-0.15, -0.1) is 0 Å². The van der Waals surface area contributed by atoms with E-state index in [0.29, 0.717) is 0 Å². The number of hydrogen-bond acceptors (Lipinski definition) is 3. The minimum atomic E-state index is -4.88. The largest absolute Gasteiger partial charge is 0.471 e. The molecule has 2 rings (SSSR count). The first kappa shape index (κ1) is 13.4. The maximum absolute atomic E-state index is 12.1. The van der Waals surface area contributed by atoms with E-state index in [0.717, 1.165) is 17.7 Å². The number of rotatable bonds is 2. The van der Waals surface area contributed by atoms with E-state index in [1.54, 1.807) is 17.4 Å². The summed E-state index contributed by atoms with van der Waals surface area (Å²) in [5.41, 5.74) is 4.68.